The van der Waals surface area contributed by atoms with Gasteiger partial charge >= 0.3 is 5.69 Å². The average molecular weight is 263 g/mol. The SMILES string of the molecule is O=C(CCn1cc(Cl)cnc1=O)c1ccccc1. The van der Waals surface area contributed by atoms with Crippen molar-refractivity contribution in [2.24, 2.45) is 0 Å². The molecule has 92 valence electrons. The summed E-state index contributed by atoms with van der Waals surface area (Å²) in [6.45, 7) is 0.278. The van der Waals surface area contributed by atoms with Crippen LogP contribution in [0.2, 0.25) is 5.02 Å². The third-order valence-electron chi connectivity index (χ3n) is 2.50. The normalized spacial score (nSPS) is 10.3. The molecule has 2 aromatic rings. The van der Waals surface area contributed by atoms with Crippen LogP contribution in [0.5, 0.6) is 0 Å². The van der Waals surface area contributed by atoms with Gasteiger partial charge in [0.05, 0.1) is 11.2 Å². The minimum absolute atomic E-state index is 0.0116. The van der Waals surface area contributed by atoms with Crippen molar-refractivity contribution in [3.63, 3.8) is 0 Å². The number of hydrogen-bond donors (Lipinski definition) is 0. The van der Waals surface area contributed by atoms with Crippen LogP contribution in [0.25, 0.3) is 0 Å². The van der Waals surface area contributed by atoms with Crippen LogP contribution in [0, 0.1) is 0 Å². The number of ketones is 1. The van der Waals surface area contributed by atoms with Crippen molar-refractivity contribution in [3.8, 4) is 0 Å². The zero-order chi connectivity index (χ0) is 13.0. The van der Waals surface area contributed by atoms with E-state index in [-0.39, 0.29) is 18.7 Å². The molecule has 0 N–H and O–H groups in total. The highest BCUT2D eigenvalue weighted by atomic mass is 35.5. The zero-order valence-corrected chi connectivity index (χ0v) is 10.3. The summed E-state index contributed by atoms with van der Waals surface area (Å²) < 4.78 is 1.34. The number of aromatic nitrogens is 2. The molecule has 0 spiro atoms. The molecule has 4 nitrogen and oxygen atoms in total. The molecule has 2 rings (SSSR count). The second-order valence-corrected chi connectivity index (χ2v) is 4.22. The van der Waals surface area contributed by atoms with Crippen LogP contribution in [0.15, 0.2) is 47.5 Å². The summed E-state index contributed by atoms with van der Waals surface area (Å²) in [7, 11) is 0. The molecule has 0 aliphatic carbocycles. The molecular weight excluding hydrogens is 252 g/mol. The molecule has 0 atom stereocenters. The molecule has 0 saturated heterocycles. The number of rotatable bonds is 4. The quantitative estimate of drug-likeness (QED) is 0.794. The number of benzene rings is 1. The van der Waals surface area contributed by atoms with Crippen molar-refractivity contribution in [3.05, 3.63) is 63.8 Å². The van der Waals surface area contributed by atoms with E-state index in [0.717, 1.165) is 0 Å². The van der Waals surface area contributed by atoms with E-state index in [2.05, 4.69) is 4.98 Å². The van der Waals surface area contributed by atoms with Crippen LogP contribution in [-0.4, -0.2) is 15.3 Å². The van der Waals surface area contributed by atoms with E-state index in [9.17, 15) is 9.59 Å². The van der Waals surface area contributed by atoms with Crippen LogP contribution in [-0.2, 0) is 6.54 Å². The van der Waals surface area contributed by atoms with Crippen molar-refractivity contribution in [1.29, 1.82) is 0 Å². The van der Waals surface area contributed by atoms with Gasteiger partial charge in [-0.3, -0.25) is 9.36 Å². The van der Waals surface area contributed by atoms with Gasteiger partial charge in [0.25, 0.3) is 0 Å². The Kier molecular flexibility index (Phi) is 3.89. The Bertz CT molecular complexity index is 608. The molecule has 1 aromatic carbocycles. The number of carbonyl (C=O) groups is 1. The van der Waals surface area contributed by atoms with E-state index in [0.29, 0.717) is 10.6 Å². The average Bonchev–Trinajstić information content (AvgIpc) is 2.40. The number of Topliss-reactive ketones (excluding diaryl/α,β-unsaturated/α-hetero) is 1. The molecule has 0 fully saturated rings. The van der Waals surface area contributed by atoms with Gasteiger partial charge in [0.2, 0.25) is 0 Å². The molecule has 5 heteroatoms. The number of halogens is 1. The summed E-state index contributed by atoms with van der Waals surface area (Å²) in [5.41, 5.74) is 0.237. The summed E-state index contributed by atoms with van der Waals surface area (Å²) in [5.74, 6) is -0.0116. The maximum Gasteiger partial charge on any atom is 0.347 e. The van der Waals surface area contributed by atoms with Crippen molar-refractivity contribution < 1.29 is 4.79 Å². The molecule has 1 aromatic heterocycles. The minimum Gasteiger partial charge on any atom is -0.297 e. The van der Waals surface area contributed by atoms with Crippen molar-refractivity contribution in [2.45, 2.75) is 13.0 Å². The highest BCUT2D eigenvalue weighted by Gasteiger charge is 2.06. The monoisotopic (exact) mass is 262 g/mol. The molecule has 1 heterocycles. The van der Waals surface area contributed by atoms with E-state index in [1.165, 1.54) is 17.0 Å². The summed E-state index contributed by atoms with van der Waals surface area (Å²) in [6, 6.07) is 8.96. The Morgan fingerprint density at radius 2 is 2.00 bits per heavy atom. The molecule has 18 heavy (non-hydrogen) atoms. The predicted molar refractivity (Wildman–Crippen MR) is 68.9 cm³/mol. The number of aryl methyl sites for hydroxylation is 1. The van der Waals surface area contributed by atoms with Gasteiger partial charge in [-0.15, -0.1) is 0 Å². The van der Waals surface area contributed by atoms with Gasteiger partial charge in [-0.25, -0.2) is 9.78 Å². The van der Waals surface area contributed by atoms with Gasteiger partial charge in [0.15, 0.2) is 5.78 Å². The van der Waals surface area contributed by atoms with Crippen molar-refractivity contribution in [1.82, 2.24) is 9.55 Å². The lowest BCUT2D eigenvalue weighted by Gasteiger charge is -2.04. The van der Waals surface area contributed by atoms with Gasteiger partial charge in [-0.1, -0.05) is 41.9 Å². The van der Waals surface area contributed by atoms with Crippen molar-refractivity contribution in [2.75, 3.05) is 0 Å². The third-order valence-corrected chi connectivity index (χ3v) is 2.69. The molecule has 0 amide bonds. The maximum atomic E-state index is 11.8. The first kappa shape index (κ1) is 12.5. The van der Waals surface area contributed by atoms with Crippen molar-refractivity contribution >= 4 is 17.4 Å². The smallest absolute Gasteiger partial charge is 0.297 e. The minimum atomic E-state index is -0.403. The number of carbonyl (C=O) groups excluding carboxylic acids is 1. The Morgan fingerprint density at radius 1 is 1.28 bits per heavy atom. The standard InChI is InChI=1S/C13H11ClN2O2/c14-11-8-15-13(18)16(9-11)7-6-12(17)10-4-2-1-3-5-10/h1-5,8-9H,6-7H2. The lowest BCUT2D eigenvalue weighted by molar-refractivity contribution is 0.0976. The van der Waals surface area contributed by atoms with Gasteiger partial charge in [-0.05, 0) is 0 Å². The van der Waals surface area contributed by atoms with Gasteiger partial charge in [0, 0.05) is 24.7 Å². The van der Waals surface area contributed by atoms with E-state index in [4.69, 9.17) is 11.6 Å². The fourth-order valence-electron chi connectivity index (χ4n) is 1.58. The van der Waals surface area contributed by atoms with Crippen LogP contribution in [0.1, 0.15) is 16.8 Å². The molecule has 0 unspecified atom stereocenters. The highest BCUT2D eigenvalue weighted by molar-refractivity contribution is 6.30. The third kappa shape index (κ3) is 3.05. The predicted octanol–water partition coefficient (Wildman–Crippen LogP) is 2.17. The second kappa shape index (κ2) is 5.60. The lowest BCUT2D eigenvalue weighted by atomic mass is 10.1. The number of nitrogens with zero attached hydrogens (tertiary/aromatic N) is 2. The Morgan fingerprint density at radius 3 is 2.72 bits per heavy atom. The first-order valence-electron chi connectivity index (χ1n) is 5.47. The van der Waals surface area contributed by atoms with E-state index in [1.807, 2.05) is 6.07 Å². The van der Waals surface area contributed by atoms with Crippen LogP contribution < -0.4 is 5.69 Å². The fourth-order valence-corrected chi connectivity index (χ4v) is 1.75. The highest BCUT2D eigenvalue weighted by Crippen LogP contribution is 2.05. The zero-order valence-electron chi connectivity index (χ0n) is 9.54. The van der Waals surface area contributed by atoms with E-state index >= 15 is 0 Å². The Labute approximate surface area is 109 Å². The lowest BCUT2D eigenvalue weighted by Crippen LogP contribution is -2.23. The second-order valence-electron chi connectivity index (χ2n) is 3.79. The summed E-state index contributed by atoms with van der Waals surface area (Å²) >= 11 is 5.74. The van der Waals surface area contributed by atoms with Gasteiger partial charge in [-0.2, -0.15) is 0 Å². The maximum absolute atomic E-state index is 11.8. The molecule has 0 bridgehead atoms. The first-order valence-corrected chi connectivity index (χ1v) is 5.85. The Balaban J connectivity index is 2.06. The van der Waals surface area contributed by atoms with Gasteiger partial charge in [0.1, 0.15) is 0 Å². The molecule has 0 aliphatic heterocycles. The van der Waals surface area contributed by atoms with E-state index in [1.54, 1.807) is 24.3 Å². The molecule has 0 aliphatic rings. The topological polar surface area (TPSA) is 52.0 Å². The molecule has 0 radical (unpaired) electrons. The van der Waals surface area contributed by atoms with Crippen LogP contribution >= 0.6 is 11.6 Å². The summed E-state index contributed by atoms with van der Waals surface area (Å²) in [4.78, 5) is 26.8. The van der Waals surface area contributed by atoms with E-state index < -0.39 is 5.69 Å². The summed E-state index contributed by atoms with van der Waals surface area (Å²) in [6.07, 6.45) is 3.01. The van der Waals surface area contributed by atoms with Crippen LogP contribution in [0.3, 0.4) is 0 Å². The first-order chi connectivity index (χ1) is 8.66. The number of hydrogen-bond acceptors (Lipinski definition) is 3. The summed E-state index contributed by atoms with van der Waals surface area (Å²) in [5, 5.41) is 0.377. The molecular formula is C13H11ClN2O2. The van der Waals surface area contributed by atoms with Gasteiger partial charge < -0.3 is 0 Å². The van der Waals surface area contributed by atoms with Crippen LogP contribution in [0.4, 0.5) is 0 Å². The molecule has 0 saturated carbocycles. The fraction of sp³-hybridized carbons (Fsp3) is 0.154. The Hall–Kier alpha value is -1.94. The largest absolute Gasteiger partial charge is 0.347 e.